The average Bonchev–Trinajstić information content (AvgIpc) is 2.57. The number of carboxylic acids is 2. The zero-order valence-electron chi connectivity index (χ0n) is 7.02. The van der Waals surface area contributed by atoms with Gasteiger partial charge in [-0.25, -0.2) is 9.59 Å². The maximum atomic E-state index is 10.6. The summed E-state index contributed by atoms with van der Waals surface area (Å²) in [5, 5.41) is 17.3. The normalized spacial score (nSPS) is 18.0. The van der Waals surface area contributed by atoms with E-state index in [2.05, 4.69) is 0 Å². The van der Waals surface area contributed by atoms with Crippen LogP contribution >= 0.6 is 0 Å². The Morgan fingerprint density at radius 1 is 0.786 bits per heavy atom. The first kappa shape index (κ1) is 8.50. The molecule has 4 nitrogen and oxygen atoms in total. The minimum absolute atomic E-state index is 0.187. The van der Waals surface area contributed by atoms with E-state index in [0.29, 0.717) is 11.1 Å². The van der Waals surface area contributed by atoms with E-state index < -0.39 is 11.9 Å². The molecule has 0 fully saturated rings. The molecule has 0 aromatic rings. The quantitative estimate of drug-likeness (QED) is 0.678. The minimum Gasteiger partial charge on any atom is -0.478 e. The Labute approximate surface area is 79.2 Å². The van der Waals surface area contributed by atoms with Gasteiger partial charge in [-0.2, -0.15) is 0 Å². The first-order valence-corrected chi connectivity index (χ1v) is 3.91. The van der Waals surface area contributed by atoms with Gasteiger partial charge >= 0.3 is 11.9 Å². The van der Waals surface area contributed by atoms with Gasteiger partial charge in [0.25, 0.3) is 0 Å². The Balaban J connectivity index is 2.35. The third-order valence-electron chi connectivity index (χ3n) is 2.07. The van der Waals surface area contributed by atoms with Crippen molar-refractivity contribution < 1.29 is 19.8 Å². The molecule has 2 aliphatic rings. The fraction of sp³-hybridized carbons (Fsp3) is 0. The molecule has 0 heterocycles. The van der Waals surface area contributed by atoms with Gasteiger partial charge in [-0.15, -0.1) is 0 Å². The molecule has 14 heavy (non-hydrogen) atoms. The molecule has 0 bridgehead atoms. The van der Waals surface area contributed by atoms with Gasteiger partial charge < -0.3 is 10.2 Å². The van der Waals surface area contributed by atoms with Crippen molar-refractivity contribution in [3.05, 3.63) is 46.6 Å². The highest BCUT2D eigenvalue weighted by Crippen LogP contribution is 2.31. The molecular weight excluding hydrogens is 184 g/mol. The van der Waals surface area contributed by atoms with Gasteiger partial charge in [-0.3, -0.25) is 0 Å². The third-order valence-corrected chi connectivity index (χ3v) is 2.07. The van der Waals surface area contributed by atoms with Crippen molar-refractivity contribution in [1.82, 2.24) is 0 Å². The van der Waals surface area contributed by atoms with Crippen molar-refractivity contribution in [2.24, 2.45) is 0 Å². The number of hydrogen-bond donors (Lipinski definition) is 2. The van der Waals surface area contributed by atoms with Crippen molar-refractivity contribution in [2.45, 2.75) is 0 Å². The average molecular weight is 190 g/mol. The summed E-state index contributed by atoms with van der Waals surface area (Å²) in [5.41, 5.74) is 1.68. The van der Waals surface area contributed by atoms with Gasteiger partial charge in [0.15, 0.2) is 0 Å². The highest BCUT2D eigenvalue weighted by molar-refractivity contribution is 5.98. The maximum absolute atomic E-state index is 10.6. The number of fused-ring (bicyclic) bond motifs is 1. The summed E-state index contributed by atoms with van der Waals surface area (Å²) >= 11 is 0. The molecule has 0 atom stereocenters. The Kier molecular flexibility index (Phi) is 1.64. The molecule has 2 rings (SSSR count). The predicted molar refractivity (Wildman–Crippen MR) is 47.6 cm³/mol. The summed E-state index contributed by atoms with van der Waals surface area (Å²) in [5.74, 6) is -2.00. The molecule has 0 spiro atoms. The zero-order valence-corrected chi connectivity index (χ0v) is 7.02. The second-order valence-electron chi connectivity index (χ2n) is 3.01. The van der Waals surface area contributed by atoms with E-state index in [1.165, 1.54) is 24.3 Å². The van der Waals surface area contributed by atoms with E-state index in [1.807, 2.05) is 0 Å². The molecule has 0 saturated heterocycles. The van der Waals surface area contributed by atoms with Crippen molar-refractivity contribution in [3.63, 3.8) is 0 Å². The van der Waals surface area contributed by atoms with E-state index >= 15 is 0 Å². The van der Waals surface area contributed by atoms with Crippen molar-refractivity contribution in [1.29, 1.82) is 0 Å². The first-order valence-electron chi connectivity index (χ1n) is 3.91. The van der Waals surface area contributed by atoms with Crippen LogP contribution in [0.2, 0.25) is 0 Å². The second kappa shape index (κ2) is 2.70. The van der Waals surface area contributed by atoms with Crippen LogP contribution in [-0.4, -0.2) is 22.2 Å². The molecule has 2 aliphatic carbocycles. The molecule has 0 unspecified atom stereocenters. The lowest BCUT2D eigenvalue weighted by Crippen LogP contribution is -1.96. The van der Waals surface area contributed by atoms with Crippen LogP contribution in [0.3, 0.4) is 0 Å². The minimum atomic E-state index is -1.00. The Hall–Kier alpha value is -2.10. The number of carbonyl (C=O) groups is 2. The highest BCUT2D eigenvalue weighted by Gasteiger charge is 2.22. The summed E-state index contributed by atoms with van der Waals surface area (Å²) < 4.78 is 0. The fourth-order valence-electron chi connectivity index (χ4n) is 1.42. The SMILES string of the molecule is O=C(O)C1=CC2=CC(C(=O)O)=CC2=C1. The van der Waals surface area contributed by atoms with Crippen LogP contribution in [0.15, 0.2) is 46.6 Å². The molecule has 0 aromatic carbocycles. The molecule has 0 aromatic heterocycles. The van der Waals surface area contributed by atoms with E-state index in [4.69, 9.17) is 10.2 Å². The molecule has 0 aliphatic heterocycles. The van der Waals surface area contributed by atoms with Gasteiger partial charge in [0, 0.05) is 0 Å². The molecule has 0 saturated carbocycles. The maximum Gasteiger partial charge on any atom is 0.335 e. The van der Waals surface area contributed by atoms with Crippen molar-refractivity contribution in [2.75, 3.05) is 0 Å². The lowest BCUT2D eigenvalue weighted by atomic mass is 10.2. The predicted octanol–water partition coefficient (Wildman–Crippen LogP) is 0.888. The number of allylic oxidation sites excluding steroid dienone is 4. The van der Waals surface area contributed by atoms with E-state index in [9.17, 15) is 9.59 Å². The van der Waals surface area contributed by atoms with Crippen molar-refractivity contribution in [3.8, 4) is 0 Å². The number of aliphatic carboxylic acids is 2. The van der Waals surface area contributed by atoms with Gasteiger partial charge in [0.05, 0.1) is 11.1 Å². The lowest BCUT2D eigenvalue weighted by Gasteiger charge is -1.88. The fourth-order valence-corrected chi connectivity index (χ4v) is 1.42. The van der Waals surface area contributed by atoms with Gasteiger partial charge in [0.1, 0.15) is 0 Å². The zero-order chi connectivity index (χ0) is 10.3. The third kappa shape index (κ3) is 1.17. The van der Waals surface area contributed by atoms with E-state index in [-0.39, 0.29) is 11.1 Å². The summed E-state index contributed by atoms with van der Waals surface area (Å²) in [6.07, 6.45) is 5.85. The Bertz CT molecular complexity index is 417. The molecular formula is C10H6O4. The number of rotatable bonds is 2. The Morgan fingerprint density at radius 3 is 1.43 bits per heavy atom. The van der Waals surface area contributed by atoms with Crippen LogP contribution in [0.1, 0.15) is 0 Å². The van der Waals surface area contributed by atoms with Crippen LogP contribution in [-0.2, 0) is 9.59 Å². The largest absolute Gasteiger partial charge is 0.478 e. The van der Waals surface area contributed by atoms with Crippen LogP contribution in [0.25, 0.3) is 0 Å². The molecule has 70 valence electrons. The first-order chi connectivity index (χ1) is 6.58. The molecule has 2 N–H and O–H groups in total. The summed E-state index contributed by atoms with van der Waals surface area (Å²) in [6.45, 7) is 0. The lowest BCUT2D eigenvalue weighted by molar-refractivity contribution is -0.133. The summed E-state index contributed by atoms with van der Waals surface area (Å²) in [7, 11) is 0. The van der Waals surface area contributed by atoms with Crippen LogP contribution in [0.4, 0.5) is 0 Å². The monoisotopic (exact) mass is 190 g/mol. The van der Waals surface area contributed by atoms with Crippen LogP contribution in [0.5, 0.6) is 0 Å². The number of hydrogen-bond acceptors (Lipinski definition) is 2. The molecule has 0 amide bonds. The second-order valence-corrected chi connectivity index (χ2v) is 3.01. The highest BCUT2D eigenvalue weighted by atomic mass is 16.4. The topological polar surface area (TPSA) is 74.6 Å². The van der Waals surface area contributed by atoms with Crippen LogP contribution in [0, 0.1) is 0 Å². The summed E-state index contributed by atoms with van der Waals surface area (Å²) in [4.78, 5) is 21.1. The smallest absolute Gasteiger partial charge is 0.335 e. The molecule has 0 radical (unpaired) electrons. The van der Waals surface area contributed by atoms with Gasteiger partial charge in [0.2, 0.25) is 0 Å². The van der Waals surface area contributed by atoms with Crippen molar-refractivity contribution >= 4 is 11.9 Å². The Morgan fingerprint density at radius 2 is 1.14 bits per heavy atom. The van der Waals surface area contributed by atoms with Crippen LogP contribution < -0.4 is 0 Å². The number of carboxylic acid groups (broad SMARTS) is 2. The van der Waals surface area contributed by atoms with Gasteiger partial charge in [-0.1, -0.05) is 0 Å². The standard InChI is InChI=1S/C10H6O4/c11-9(12)7-1-5-2-8(10(13)14)4-6(5)3-7/h1-4H,(H,11,12)(H,13,14). The van der Waals surface area contributed by atoms with Gasteiger partial charge in [-0.05, 0) is 35.5 Å². The van der Waals surface area contributed by atoms with E-state index in [1.54, 1.807) is 0 Å². The van der Waals surface area contributed by atoms with E-state index in [0.717, 1.165) is 0 Å². The molecule has 4 heteroatoms. The summed E-state index contributed by atoms with van der Waals surface area (Å²) in [6, 6.07) is 0.